The summed E-state index contributed by atoms with van der Waals surface area (Å²) in [6.07, 6.45) is 0.429. The number of carbonyl (C=O) groups excluding carboxylic acids is 1. The SMILES string of the molecule is CCOC(=O)CCSc1ccc(C)o1. The molecule has 1 aromatic heterocycles. The highest BCUT2D eigenvalue weighted by Crippen LogP contribution is 2.21. The molecule has 3 nitrogen and oxygen atoms in total. The molecule has 0 amide bonds. The fourth-order valence-electron chi connectivity index (χ4n) is 0.958. The van der Waals surface area contributed by atoms with Crippen LogP contribution in [0.5, 0.6) is 0 Å². The van der Waals surface area contributed by atoms with Gasteiger partial charge >= 0.3 is 5.97 Å². The first-order valence-corrected chi connectivity index (χ1v) is 5.55. The van der Waals surface area contributed by atoms with E-state index in [-0.39, 0.29) is 5.97 Å². The lowest BCUT2D eigenvalue weighted by Crippen LogP contribution is -2.04. The minimum atomic E-state index is -0.150. The van der Waals surface area contributed by atoms with Gasteiger partial charge in [-0.1, -0.05) is 11.8 Å². The molecule has 0 aliphatic carbocycles. The first kappa shape index (κ1) is 11.2. The molecule has 1 heterocycles. The average molecular weight is 214 g/mol. The van der Waals surface area contributed by atoms with E-state index in [0.717, 1.165) is 10.9 Å². The maximum absolute atomic E-state index is 11.0. The molecule has 0 spiro atoms. The Kier molecular flexibility index (Phi) is 4.59. The summed E-state index contributed by atoms with van der Waals surface area (Å²) in [5.74, 6) is 1.44. The number of furan rings is 1. The molecule has 0 unspecified atom stereocenters. The molecule has 0 N–H and O–H groups in total. The Hall–Kier alpha value is -0.900. The third-order valence-corrected chi connectivity index (χ3v) is 2.48. The number of ether oxygens (including phenoxy) is 1. The summed E-state index contributed by atoms with van der Waals surface area (Å²) < 4.78 is 10.1. The molecule has 1 rings (SSSR count). The lowest BCUT2D eigenvalue weighted by molar-refractivity contribution is -0.142. The predicted molar refractivity (Wildman–Crippen MR) is 55.4 cm³/mol. The van der Waals surface area contributed by atoms with Gasteiger partial charge in [0.2, 0.25) is 0 Å². The zero-order chi connectivity index (χ0) is 10.4. The van der Waals surface area contributed by atoms with Gasteiger partial charge in [0, 0.05) is 5.75 Å². The minimum Gasteiger partial charge on any atom is -0.466 e. The lowest BCUT2D eigenvalue weighted by atomic mass is 10.5. The van der Waals surface area contributed by atoms with Crippen LogP contribution in [-0.4, -0.2) is 18.3 Å². The molecule has 1 aromatic rings. The van der Waals surface area contributed by atoms with Gasteiger partial charge in [-0.2, -0.15) is 0 Å². The zero-order valence-corrected chi connectivity index (χ0v) is 9.23. The minimum absolute atomic E-state index is 0.150. The van der Waals surface area contributed by atoms with Crippen LogP contribution in [0.4, 0.5) is 0 Å². The predicted octanol–water partition coefficient (Wildman–Crippen LogP) is 2.63. The first-order valence-electron chi connectivity index (χ1n) is 4.57. The Bertz CT molecular complexity index is 293. The van der Waals surface area contributed by atoms with Gasteiger partial charge in [0.1, 0.15) is 5.76 Å². The molecule has 0 atom stereocenters. The van der Waals surface area contributed by atoms with Gasteiger partial charge in [-0.05, 0) is 26.0 Å². The van der Waals surface area contributed by atoms with Crippen LogP contribution < -0.4 is 0 Å². The van der Waals surface area contributed by atoms with Crippen LogP contribution in [0.2, 0.25) is 0 Å². The van der Waals surface area contributed by atoms with E-state index in [1.165, 1.54) is 11.8 Å². The van der Waals surface area contributed by atoms with Crippen LogP contribution in [-0.2, 0) is 9.53 Å². The van der Waals surface area contributed by atoms with Gasteiger partial charge < -0.3 is 9.15 Å². The van der Waals surface area contributed by atoms with Crippen molar-refractivity contribution in [2.45, 2.75) is 25.4 Å². The summed E-state index contributed by atoms with van der Waals surface area (Å²) in [4.78, 5) is 11.0. The molecule has 0 saturated carbocycles. The standard InChI is InChI=1S/C10H14O3S/c1-3-12-9(11)6-7-14-10-5-4-8(2)13-10/h4-5H,3,6-7H2,1-2H3. The van der Waals surface area contributed by atoms with E-state index in [0.29, 0.717) is 18.8 Å². The number of hydrogen-bond donors (Lipinski definition) is 0. The molecular weight excluding hydrogens is 200 g/mol. The highest BCUT2D eigenvalue weighted by molar-refractivity contribution is 7.99. The number of carbonyl (C=O) groups is 1. The third-order valence-electron chi connectivity index (χ3n) is 1.57. The van der Waals surface area contributed by atoms with E-state index < -0.39 is 0 Å². The quantitative estimate of drug-likeness (QED) is 0.558. The first-order chi connectivity index (χ1) is 6.72. The summed E-state index contributed by atoms with van der Waals surface area (Å²) >= 11 is 1.53. The average Bonchev–Trinajstić information content (AvgIpc) is 2.52. The Morgan fingerprint density at radius 2 is 2.36 bits per heavy atom. The maximum Gasteiger partial charge on any atom is 0.306 e. The molecule has 0 bridgehead atoms. The lowest BCUT2D eigenvalue weighted by Gasteiger charge is -1.99. The second-order valence-corrected chi connectivity index (χ2v) is 3.87. The van der Waals surface area contributed by atoms with E-state index in [9.17, 15) is 4.79 Å². The molecule has 0 aliphatic heterocycles. The molecule has 0 fully saturated rings. The van der Waals surface area contributed by atoms with Crippen LogP contribution in [0, 0.1) is 6.92 Å². The van der Waals surface area contributed by atoms with Crippen LogP contribution >= 0.6 is 11.8 Å². The van der Waals surface area contributed by atoms with Crippen LogP contribution in [0.1, 0.15) is 19.1 Å². The Morgan fingerprint density at radius 3 is 2.93 bits per heavy atom. The number of thioether (sulfide) groups is 1. The zero-order valence-electron chi connectivity index (χ0n) is 8.41. The van der Waals surface area contributed by atoms with E-state index in [1.54, 1.807) is 6.92 Å². The van der Waals surface area contributed by atoms with Crippen molar-refractivity contribution in [1.82, 2.24) is 0 Å². The molecule has 0 aromatic carbocycles. The smallest absolute Gasteiger partial charge is 0.306 e. The summed E-state index contributed by atoms with van der Waals surface area (Å²) in [5.41, 5.74) is 0. The number of rotatable bonds is 5. The van der Waals surface area contributed by atoms with Gasteiger partial charge in [-0.15, -0.1) is 0 Å². The van der Waals surface area contributed by atoms with Crippen LogP contribution in [0.3, 0.4) is 0 Å². The van der Waals surface area contributed by atoms with Crippen molar-refractivity contribution in [3.63, 3.8) is 0 Å². The molecule has 4 heteroatoms. The van der Waals surface area contributed by atoms with E-state index in [4.69, 9.17) is 9.15 Å². The molecule has 0 aliphatic rings. The normalized spacial score (nSPS) is 10.1. The Labute approximate surface area is 87.8 Å². The van der Waals surface area contributed by atoms with Gasteiger partial charge in [0.05, 0.1) is 13.0 Å². The highest BCUT2D eigenvalue weighted by Gasteiger charge is 2.03. The molecule has 0 saturated heterocycles. The number of hydrogen-bond acceptors (Lipinski definition) is 4. The van der Waals surface area contributed by atoms with E-state index in [2.05, 4.69) is 0 Å². The van der Waals surface area contributed by atoms with Gasteiger partial charge in [-0.3, -0.25) is 4.79 Å². The summed E-state index contributed by atoms with van der Waals surface area (Å²) in [7, 11) is 0. The van der Waals surface area contributed by atoms with Crippen molar-refractivity contribution in [2.24, 2.45) is 0 Å². The van der Waals surface area contributed by atoms with Crippen LogP contribution in [0.15, 0.2) is 21.6 Å². The van der Waals surface area contributed by atoms with Gasteiger partial charge in [0.25, 0.3) is 0 Å². The summed E-state index contributed by atoms with van der Waals surface area (Å²) in [5, 5.41) is 0.854. The fourth-order valence-corrected chi connectivity index (χ4v) is 1.78. The van der Waals surface area contributed by atoms with Crippen molar-refractivity contribution in [1.29, 1.82) is 0 Å². The van der Waals surface area contributed by atoms with E-state index >= 15 is 0 Å². The van der Waals surface area contributed by atoms with Gasteiger partial charge in [-0.25, -0.2) is 0 Å². The highest BCUT2D eigenvalue weighted by atomic mass is 32.2. The van der Waals surface area contributed by atoms with Crippen molar-refractivity contribution >= 4 is 17.7 Å². The molecule has 0 radical (unpaired) electrons. The van der Waals surface area contributed by atoms with Crippen molar-refractivity contribution in [3.8, 4) is 0 Å². The third kappa shape index (κ3) is 3.87. The van der Waals surface area contributed by atoms with E-state index in [1.807, 2.05) is 19.1 Å². The van der Waals surface area contributed by atoms with Crippen molar-refractivity contribution in [2.75, 3.05) is 12.4 Å². The van der Waals surface area contributed by atoms with Crippen molar-refractivity contribution < 1.29 is 13.9 Å². The molecule has 14 heavy (non-hydrogen) atoms. The second kappa shape index (κ2) is 5.75. The summed E-state index contributed by atoms with van der Waals surface area (Å²) in [6.45, 7) is 4.15. The van der Waals surface area contributed by atoms with Gasteiger partial charge in [0.15, 0.2) is 5.09 Å². The van der Waals surface area contributed by atoms with Crippen molar-refractivity contribution in [3.05, 3.63) is 17.9 Å². The summed E-state index contributed by atoms with van der Waals surface area (Å²) in [6, 6.07) is 3.82. The maximum atomic E-state index is 11.0. The Balaban J connectivity index is 2.18. The molecular formula is C10H14O3S. The number of esters is 1. The fraction of sp³-hybridized carbons (Fsp3) is 0.500. The Morgan fingerprint density at radius 1 is 1.57 bits per heavy atom. The number of aryl methyl sites for hydroxylation is 1. The molecule has 78 valence electrons. The topological polar surface area (TPSA) is 39.4 Å². The second-order valence-electron chi connectivity index (χ2n) is 2.77. The largest absolute Gasteiger partial charge is 0.466 e. The monoisotopic (exact) mass is 214 g/mol. The van der Waals surface area contributed by atoms with Crippen LogP contribution in [0.25, 0.3) is 0 Å².